The summed E-state index contributed by atoms with van der Waals surface area (Å²) < 4.78 is 11.6. The minimum absolute atomic E-state index is 0.322. The van der Waals surface area contributed by atoms with E-state index in [0.29, 0.717) is 6.10 Å². The van der Waals surface area contributed by atoms with Gasteiger partial charge in [0.05, 0.1) is 13.2 Å². The molecule has 3 heteroatoms. The number of methoxy groups -OCH3 is 1. The largest absolute Gasteiger partial charge is 0.493 e. The normalized spacial score (nSPS) is 14.7. The van der Waals surface area contributed by atoms with Gasteiger partial charge in [-0.3, -0.25) is 0 Å². The van der Waals surface area contributed by atoms with Crippen molar-refractivity contribution < 1.29 is 9.47 Å². The molecule has 0 bridgehead atoms. The highest BCUT2D eigenvalue weighted by atomic mass is 16.5. The van der Waals surface area contributed by atoms with Crippen molar-refractivity contribution in [3.8, 4) is 11.5 Å². The van der Waals surface area contributed by atoms with Crippen molar-refractivity contribution in [2.24, 2.45) is 0 Å². The number of nitrogens with one attached hydrogen (secondary N) is 1. The number of aryl methyl sites for hydroxylation is 1. The van der Waals surface area contributed by atoms with E-state index in [0.717, 1.165) is 42.1 Å². The lowest BCUT2D eigenvalue weighted by Crippen LogP contribution is -2.11. The first kappa shape index (κ1) is 15.7. The Hall–Kier alpha value is -2.16. The third kappa shape index (κ3) is 3.98. The Morgan fingerprint density at radius 1 is 0.957 bits per heavy atom. The van der Waals surface area contributed by atoms with Crippen molar-refractivity contribution in [3.63, 3.8) is 0 Å². The zero-order valence-electron chi connectivity index (χ0n) is 14.0. The fourth-order valence-electron chi connectivity index (χ4n) is 3.02. The smallest absolute Gasteiger partial charge is 0.163 e. The van der Waals surface area contributed by atoms with Gasteiger partial charge in [-0.1, -0.05) is 19.1 Å². The molecule has 23 heavy (non-hydrogen) atoms. The third-order valence-corrected chi connectivity index (χ3v) is 4.41. The molecule has 3 nitrogen and oxygen atoms in total. The third-order valence-electron chi connectivity index (χ3n) is 4.41. The molecule has 0 heterocycles. The van der Waals surface area contributed by atoms with E-state index in [1.807, 2.05) is 18.2 Å². The second-order valence-electron chi connectivity index (χ2n) is 6.07. The van der Waals surface area contributed by atoms with Crippen LogP contribution in [0.25, 0.3) is 0 Å². The zero-order valence-corrected chi connectivity index (χ0v) is 14.0. The highest BCUT2D eigenvalue weighted by Crippen LogP contribution is 2.34. The molecule has 2 aromatic carbocycles. The molecule has 0 atom stereocenters. The molecule has 0 aromatic heterocycles. The summed E-state index contributed by atoms with van der Waals surface area (Å²) in [4.78, 5) is 0. The van der Waals surface area contributed by atoms with Crippen LogP contribution >= 0.6 is 0 Å². The van der Waals surface area contributed by atoms with Gasteiger partial charge in [-0.15, -0.1) is 0 Å². The van der Waals surface area contributed by atoms with E-state index in [1.54, 1.807) is 7.11 Å². The van der Waals surface area contributed by atoms with Gasteiger partial charge in [0.15, 0.2) is 11.5 Å². The Morgan fingerprint density at radius 3 is 2.30 bits per heavy atom. The predicted octanol–water partition coefficient (Wildman–Crippen LogP) is 5.32. The summed E-state index contributed by atoms with van der Waals surface area (Å²) in [6.45, 7) is 2.17. The number of benzene rings is 2. The van der Waals surface area contributed by atoms with Crippen LogP contribution in [-0.2, 0) is 6.42 Å². The molecule has 2 aromatic rings. The molecule has 0 radical (unpaired) electrons. The van der Waals surface area contributed by atoms with E-state index in [1.165, 1.54) is 18.4 Å². The molecule has 1 aliphatic rings. The molecule has 3 rings (SSSR count). The average Bonchev–Trinajstić information content (AvgIpc) is 3.09. The van der Waals surface area contributed by atoms with Crippen LogP contribution in [0, 0.1) is 0 Å². The molecule has 0 unspecified atom stereocenters. The maximum atomic E-state index is 6.15. The van der Waals surface area contributed by atoms with Crippen LogP contribution in [0.3, 0.4) is 0 Å². The summed E-state index contributed by atoms with van der Waals surface area (Å²) in [6.07, 6.45) is 6.17. The molecule has 1 fully saturated rings. The molecular formula is C20H25NO2. The second kappa shape index (κ2) is 7.40. The van der Waals surface area contributed by atoms with Crippen LogP contribution in [0.4, 0.5) is 11.4 Å². The van der Waals surface area contributed by atoms with Gasteiger partial charge >= 0.3 is 0 Å². The SMILES string of the molecule is CCc1ccc(Nc2ccc(OC)c(OC3CCCC3)c2)cc1. The number of anilines is 2. The first-order valence-corrected chi connectivity index (χ1v) is 8.49. The van der Waals surface area contributed by atoms with E-state index in [-0.39, 0.29) is 0 Å². The van der Waals surface area contributed by atoms with Gasteiger partial charge in [0.1, 0.15) is 0 Å². The summed E-state index contributed by atoms with van der Waals surface area (Å²) >= 11 is 0. The minimum atomic E-state index is 0.322. The minimum Gasteiger partial charge on any atom is -0.493 e. The maximum Gasteiger partial charge on any atom is 0.163 e. The molecule has 0 spiro atoms. The monoisotopic (exact) mass is 311 g/mol. The quantitative estimate of drug-likeness (QED) is 0.783. The topological polar surface area (TPSA) is 30.5 Å². The average molecular weight is 311 g/mol. The molecule has 1 aliphatic carbocycles. The Labute approximate surface area is 138 Å². The molecule has 1 saturated carbocycles. The Kier molecular flexibility index (Phi) is 5.06. The predicted molar refractivity (Wildman–Crippen MR) is 95.0 cm³/mol. The zero-order chi connectivity index (χ0) is 16.1. The van der Waals surface area contributed by atoms with Crippen LogP contribution in [0.2, 0.25) is 0 Å². The highest BCUT2D eigenvalue weighted by Gasteiger charge is 2.18. The van der Waals surface area contributed by atoms with Crippen molar-refractivity contribution in [2.75, 3.05) is 12.4 Å². The van der Waals surface area contributed by atoms with E-state index in [4.69, 9.17) is 9.47 Å². The Balaban J connectivity index is 1.75. The van der Waals surface area contributed by atoms with Crippen LogP contribution < -0.4 is 14.8 Å². The van der Waals surface area contributed by atoms with E-state index in [2.05, 4.69) is 36.5 Å². The number of hydrogen-bond donors (Lipinski definition) is 1. The number of hydrogen-bond acceptors (Lipinski definition) is 3. The van der Waals surface area contributed by atoms with Crippen molar-refractivity contribution in [3.05, 3.63) is 48.0 Å². The molecule has 122 valence electrons. The van der Waals surface area contributed by atoms with E-state index < -0.39 is 0 Å². The summed E-state index contributed by atoms with van der Waals surface area (Å²) in [6, 6.07) is 14.6. The maximum absolute atomic E-state index is 6.15. The summed E-state index contributed by atoms with van der Waals surface area (Å²) in [5, 5.41) is 3.44. The first-order valence-electron chi connectivity index (χ1n) is 8.49. The van der Waals surface area contributed by atoms with Gasteiger partial charge in [-0.25, -0.2) is 0 Å². The highest BCUT2D eigenvalue weighted by molar-refractivity contribution is 5.63. The van der Waals surface area contributed by atoms with Gasteiger partial charge in [-0.2, -0.15) is 0 Å². The summed E-state index contributed by atoms with van der Waals surface area (Å²) in [7, 11) is 1.69. The van der Waals surface area contributed by atoms with E-state index >= 15 is 0 Å². The fraction of sp³-hybridized carbons (Fsp3) is 0.400. The number of ether oxygens (including phenoxy) is 2. The molecule has 0 aliphatic heterocycles. The van der Waals surface area contributed by atoms with Gasteiger partial charge in [-0.05, 0) is 61.9 Å². The van der Waals surface area contributed by atoms with Gasteiger partial charge < -0.3 is 14.8 Å². The lowest BCUT2D eigenvalue weighted by Gasteiger charge is -2.17. The molecule has 0 saturated heterocycles. The Morgan fingerprint density at radius 2 is 1.65 bits per heavy atom. The second-order valence-corrected chi connectivity index (χ2v) is 6.07. The standard InChI is InChI=1S/C20H25NO2/c1-3-15-8-10-16(11-9-15)21-17-12-13-19(22-2)20(14-17)23-18-6-4-5-7-18/h8-14,18,21H,3-7H2,1-2H3. The fourth-order valence-corrected chi connectivity index (χ4v) is 3.02. The Bertz CT molecular complexity index is 631. The first-order chi connectivity index (χ1) is 11.3. The van der Waals surface area contributed by atoms with Crippen LogP contribution in [-0.4, -0.2) is 13.2 Å². The van der Waals surface area contributed by atoms with E-state index in [9.17, 15) is 0 Å². The van der Waals surface area contributed by atoms with Crippen molar-refractivity contribution in [1.82, 2.24) is 0 Å². The van der Waals surface area contributed by atoms with Crippen LogP contribution in [0.15, 0.2) is 42.5 Å². The summed E-state index contributed by atoms with van der Waals surface area (Å²) in [5.41, 5.74) is 3.44. The van der Waals surface area contributed by atoms with Gasteiger partial charge in [0, 0.05) is 17.4 Å². The van der Waals surface area contributed by atoms with Crippen LogP contribution in [0.1, 0.15) is 38.2 Å². The molecule has 1 N–H and O–H groups in total. The molecular weight excluding hydrogens is 286 g/mol. The number of rotatable bonds is 6. The van der Waals surface area contributed by atoms with Crippen LogP contribution in [0.5, 0.6) is 11.5 Å². The lowest BCUT2D eigenvalue weighted by molar-refractivity contribution is 0.201. The van der Waals surface area contributed by atoms with Crippen molar-refractivity contribution >= 4 is 11.4 Å². The lowest BCUT2D eigenvalue weighted by atomic mass is 10.1. The van der Waals surface area contributed by atoms with Gasteiger partial charge in [0.2, 0.25) is 0 Å². The molecule has 0 amide bonds. The van der Waals surface area contributed by atoms with Gasteiger partial charge in [0.25, 0.3) is 0 Å². The summed E-state index contributed by atoms with van der Waals surface area (Å²) in [5.74, 6) is 1.62. The van der Waals surface area contributed by atoms with Crippen molar-refractivity contribution in [1.29, 1.82) is 0 Å². The van der Waals surface area contributed by atoms with Crippen molar-refractivity contribution in [2.45, 2.75) is 45.1 Å².